The average molecular weight is 405 g/mol. The molecule has 154 valence electrons. The number of rotatable bonds is 5. The second-order valence-corrected chi connectivity index (χ2v) is 7.55. The molecule has 0 unspecified atom stereocenters. The zero-order valence-corrected chi connectivity index (χ0v) is 17.0. The number of hydrogen-bond donors (Lipinski definition) is 0. The van der Waals surface area contributed by atoms with E-state index in [-0.39, 0.29) is 17.0 Å². The van der Waals surface area contributed by atoms with Gasteiger partial charge in [-0.1, -0.05) is 30.3 Å². The number of carbonyl (C=O) groups is 2. The minimum atomic E-state index is -0.930. The lowest BCUT2D eigenvalue weighted by molar-refractivity contribution is -0.139. The maximum Gasteiger partial charge on any atom is 0.338 e. The third-order valence-corrected chi connectivity index (χ3v) is 5.32. The Bertz CT molecular complexity index is 1170. The van der Waals surface area contributed by atoms with Gasteiger partial charge >= 0.3 is 5.97 Å². The monoisotopic (exact) mass is 405 g/mol. The molecular weight excluding hydrogens is 382 g/mol. The van der Waals surface area contributed by atoms with E-state index in [4.69, 9.17) is 4.74 Å². The molecule has 1 atom stereocenters. The second kappa shape index (κ2) is 8.10. The van der Waals surface area contributed by atoms with E-state index < -0.39 is 12.1 Å². The number of aromatic nitrogens is 2. The number of aryl methyl sites for hydroxylation is 1. The third kappa shape index (κ3) is 3.83. The summed E-state index contributed by atoms with van der Waals surface area (Å²) in [4.78, 5) is 43.8. The fourth-order valence-corrected chi connectivity index (χ4v) is 3.74. The molecule has 4 rings (SSSR count). The number of amides is 1. The summed E-state index contributed by atoms with van der Waals surface area (Å²) in [5.41, 5.74) is 1.65. The largest absolute Gasteiger partial charge is 0.449 e. The summed E-state index contributed by atoms with van der Waals surface area (Å²) in [7, 11) is 1.67. The van der Waals surface area contributed by atoms with Gasteiger partial charge in [-0.25, -0.2) is 9.78 Å². The lowest BCUT2D eigenvalue weighted by Gasteiger charge is -2.21. The van der Waals surface area contributed by atoms with Crippen LogP contribution in [0.4, 0.5) is 0 Å². The van der Waals surface area contributed by atoms with E-state index in [9.17, 15) is 14.4 Å². The smallest absolute Gasteiger partial charge is 0.338 e. The van der Waals surface area contributed by atoms with Crippen molar-refractivity contribution in [2.75, 3.05) is 7.05 Å². The van der Waals surface area contributed by atoms with Crippen molar-refractivity contribution in [1.29, 1.82) is 0 Å². The van der Waals surface area contributed by atoms with Crippen LogP contribution in [0.2, 0.25) is 0 Å². The van der Waals surface area contributed by atoms with Gasteiger partial charge in [-0.15, -0.1) is 0 Å². The number of hydrogen-bond acceptors (Lipinski definition) is 5. The van der Waals surface area contributed by atoms with Crippen molar-refractivity contribution in [3.05, 3.63) is 75.8 Å². The van der Waals surface area contributed by atoms with Crippen LogP contribution in [0.15, 0.2) is 53.3 Å². The summed E-state index contributed by atoms with van der Waals surface area (Å²) in [6.45, 7) is 2.66. The molecule has 1 amide bonds. The molecule has 0 aliphatic carbocycles. The Morgan fingerprint density at radius 2 is 1.97 bits per heavy atom. The van der Waals surface area contributed by atoms with Gasteiger partial charge < -0.3 is 9.64 Å². The number of ether oxygens (including phenoxy) is 1. The maximum absolute atomic E-state index is 12.6. The lowest BCUT2D eigenvalue weighted by Crippen LogP contribution is -2.37. The van der Waals surface area contributed by atoms with Crippen molar-refractivity contribution in [2.24, 2.45) is 0 Å². The molecule has 0 bridgehead atoms. The number of fused-ring (bicyclic) bond motifs is 2. The molecule has 0 N–H and O–H groups in total. The minimum absolute atomic E-state index is 0.0847. The lowest BCUT2D eigenvalue weighted by atomic mass is 10.1. The summed E-state index contributed by atoms with van der Waals surface area (Å²) >= 11 is 0. The van der Waals surface area contributed by atoms with Crippen LogP contribution in [-0.4, -0.2) is 39.5 Å². The Morgan fingerprint density at radius 1 is 1.20 bits per heavy atom. The molecule has 1 aliphatic heterocycles. The summed E-state index contributed by atoms with van der Waals surface area (Å²) in [6, 6.07) is 14.3. The summed E-state index contributed by atoms with van der Waals surface area (Å²) in [5.74, 6) is -0.167. The van der Waals surface area contributed by atoms with Gasteiger partial charge in [0, 0.05) is 26.6 Å². The Balaban J connectivity index is 1.47. The fraction of sp³-hybridized carbons (Fsp3) is 0.304. The zero-order valence-electron chi connectivity index (χ0n) is 17.0. The van der Waals surface area contributed by atoms with E-state index in [1.807, 2.05) is 30.3 Å². The first kappa shape index (κ1) is 19.8. The normalized spacial score (nSPS) is 13.7. The van der Waals surface area contributed by atoms with Crippen molar-refractivity contribution < 1.29 is 14.3 Å². The SMILES string of the molecule is C[C@@H](OC(=O)c1ccc2c(=O)n3c(nc2c1)CCC3)C(=O)N(C)Cc1ccccc1. The van der Waals surface area contributed by atoms with Crippen LogP contribution in [0.1, 0.15) is 35.1 Å². The van der Waals surface area contributed by atoms with Crippen LogP contribution in [-0.2, 0) is 29.0 Å². The average Bonchev–Trinajstić information content (AvgIpc) is 3.22. The standard InChI is InChI=1S/C23H23N3O4/c1-15(21(27)25(2)14-16-7-4-3-5-8-16)30-23(29)17-10-11-18-19(13-17)24-20-9-6-12-26(20)22(18)28/h3-5,7-8,10-11,13,15H,6,9,12,14H2,1-2H3/t15-/m1/s1. The first-order chi connectivity index (χ1) is 14.4. The molecule has 0 radical (unpaired) electrons. The van der Waals surface area contributed by atoms with Crippen LogP contribution in [0, 0.1) is 0 Å². The molecule has 7 heteroatoms. The quantitative estimate of drug-likeness (QED) is 0.610. The molecule has 0 fully saturated rings. The van der Waals surface area contributed by atoms with Gasteiger partial charge in [0.25, 0.3) is 11.5 Å². The van der Waals surface area contributed by atoms with E-state index in [1.54, 1.807) is 36.7 Å². The first-order valence-corrected chi connectivity index (χ1v) is 9.97. The van der Waals surface area contributed by atoms with Gasteiger partial charge in [-0.3, -0.25) is 14.2 Å². The Morgan fingerprint density at radius 3 is 2.73 bits per heavy atom. The van der Waals surface area contributed by atoms with E-state index >= 15 is 0 Å². The molecule has 2 heterocycles. The molecule has 0 saturated heterocycles. The molecular formula is C23H23N3O4. The van der Waals surface area contributed by atoms with Crippen LogP contribution in [0.5, 0.6) is 0 Å². The molecule has 1 aromatic heterocycles. The van der Waals surface area contributed by atoms with Gasteiger partial charge in [0.05, 0.1) is 16.5 Å². The van der Waals surface area contributed by atoms with E-state index in [1.165, 1.54) is 4.90 Å². The summed E-state index contributed by atoms with van der Waals surface area (Å²) in [6.07, 6.45) is 0.712. The van der Waals surface area contributed by atoms with Crippen molar-refractivity contribution in [1.82, 2.24) is 14.5 Å². The molecule has 0 spiro atoms. The zero-order chi connectivity index (χ0) is 21.3. The van der Waals surface area contributed by atoms with Gasteiger partial charge in [0.15, 0.2) is 6.10 Å². The summed E-state index contributed by atoms with van der Waals surface area (Å²) < 4.78 is 7.07. The fourth-order valence-electron chi connectivity index (χ4n) is 3.74. The first-order valence-electron chi connectivity index (χ1n) is 9.97. The number of esters is 1. The van der Waals surface area contributed by atoms with E-state index in [2.05, 4.69) is 4.98 Å². The molecule has 3 aromatic rings. The predicted octanol–water partition coefficient (Wildman–Crippen LogP) is 2.55. The van der Waals surface area contributed by atoms with E-state index in [0.29, 0.717) is 24.0 Å². The van der Waals surface area contributed by atoms with Crippen molar-refractivity contribution in [3.63, 3.8) is 0 Å². The molecule has 30 heavy (non-hydrogen) atoms. The van der Waals surface area contributed by atoms with Gasteiger partial charge in [0.1, 0.15) is 5.82 Å². The number of benzene rings is 2. The molecule has 0 saturated carbocycles. The topological polar surface area (TPSA) is 81.5 Å². The van der Waals surface area contributed by atoms with Crippen LogP contribution in [0.25, 0.3) is 10.9 Å². The molecule has 1 aliphatic rings. The summed E-state index contributed by atoms with van der Waals surface area (Å²) in [5, 5.41) is 0.476. The van der Waals surface area contributed by atoms with Crippen LogP contribution >= 0.6 is 0 Å². The maximum atomic E-state index is 12.6. The number of carbonyl (C=O) groups excluding carboxylic acids is 2. The highest BCUT2D eigenvalue weighted by Gasteiger charge is 2.23. The van der Waals surface area contributed by atoms with Crippen molar-refractivity contribution in [2.45, 2.75) is 39.0 Å². The van der Waals surface area contributed by atoms with Crippen molar-refractivity contribution in [3.8, 4) is 0 Å². The highest BCUT2D eigenvalue weighted by Crippen LogP contribution is 2.17. The predicted molar refractivity (Wildman–Crippen MR) is 112 cm³/mol. The second-order valence-electron chi connectivity index (χ2n) is 7.55. The highest BCUT2D eigenvalue weighted by atomic mass is 16.5. The van der Waals surface area contributed by atoms with Crippen LogP contribution < -0.4 is 5.56 Å². The highest BCUT2D eigenvalue weighted by molar-refractivity contribution is 5.95. The Labute approximate surface area is 173 Å². The van der Waals surface area contributed by atoms with E-state index in [0.717, 1.165) is 24.2 Å². The van der Waals surface area contributed by atoms with Crippen LogP contribution in [0.3, 0.4) is 0 Å². The number of nitrogens with zero attached hydrogens (tertiary/aromatic N) is 3. The Hall–Kier alpha value is -3.48. The van der Waals surface area contributed by atoms with Gasteiger partial charge in [-0.2, -0.15) is 0 Å². The van der Waals surface area contributed by atoms with Gasteiger partial charge in [0.2, 0.25) is 0 Å². The van der Waals surface area contributed by atoms with Gasteiger partial charge in [-0.05, 0) is 37.1 Å². The number of likely N-dealkylation sites (N-methyl/N-ethyl adjacent to an activating group) is 1. The molecule has 2 aromatic carbocycles. The third-order valence-electron chi connectivity index (χ3n) is 5.32. The molecule has 7 nitrogen and oxygen atoms in total. The Kier molecular flexibility index (Phi) is 5.35. The minimum Gasteiger partial charge on any atom is -0.449 e. The van der Waals surface area contributed by atoms with Crippen molar-refractivity contribution >= 4 is 22.8 Å².